The fraction of sp³-hybridized carbons (Fsp3) is 0.444. The van der Waals surface area contributed by atoms with E-state index in [1.807, 2.05) is 60.7 Å². The second-order valence-electron chi connectivity index (χ2n) is 9.37. The first-order valence-corrected chi connectivity index (χ1v) is 13.0. The number of esters is 1. The summed E-state index contributed by atoms with van der Waals surface area (Å²) in [4.78, 5) is 42.4. The van der Waals surface area contributed by atoms with Crippen LogP contribution in [0.15, 0.2) is 60.7 Å². The van der Waals surface area contributed by atoms with Crippen LogP contribution in [0.4, 0.5) is 0 Å². The lowest BCUT2D eigenvalue weighted by atomic mass is 9.71. The number of thioether (sulfide) groups is 1. The van der Waals surface area contributed by atoms with Gasteiger partial charge in [0, 0.05) is 11.8 Å². The molecule has 184 valence electrons. The SMILES string of the molecule is CCOC(=O)[C@@H]1[C@H]2C(=O)N([C@H](CO)c3ccccc3)C(C(=O)NCc3ccccc3)C23CC[C@H]1S3. The minimum absolute atomic E-state index is 0.0427. The van der Waals surface area contributed by atoms with Crippen molar-refractivity contribution in [1.82, 2.24) is 10.2 Å². The number of hydrogen-bond acceptors (Lipinski definition) is 6. The highest BCUT2D eigenvalue weighted by atomic mass is 32.2. The van der Waals surface area contributed by atoms with E-state index in [2.05, 4.69) is 5.32 Å². The van der Waals surface area contributed by atoms with E-state index in [1.54, 1.807) is 23.6 Å². The summed E-state index contributed by atoms with van der Waals surface area (Å²) in [7, 11) is 0. The van der Waals surface area contributed by atoms with E-state index in [0.29, 0.717) is 13.0 Å². The van der Waals surface area contributed by atoms with Crippen molar-refractivity contribution in [2.24, 2.45) is 11.8 Å². The number of hydrogen-bond donors (Lipinski definition) is 2. The molecular weight excluding hydrogens is 464 g/mol. The quantitative estimate of drug-likeness (QED) is 0.548. The van der Waals surface area contributed by atoms with Crippen molar-refractivity contribution in [2.75, 3.05) is 13.2 Å². The van der Waals surface area contributed by atoms with Gasteiger partial charge in [-0.25, -0.2) is 0 Å². The van der Waals surface area contributed by atoms with Crippen LogP contribution in [0.2, 0.25) is 0 Å². The molecule has 3 heterocycles. The van der Waals surface area contributed by atoms with E-state index < -0.39 is 28.7 Å². The molecule has 0 aliphatic carbocycles. The van der Waals surface area contributed by atoms with Crippen LogP contribution in [-0.4, -0.2) is 57.0 Å². The van der Waals surface area contributed by atoms with Gasteiger partial charge in [-0.3, -0.25) is 14.4 Å². The molecule has 2 aromatic carbocycles. The largest absolute Gasteiger partial charge is 0.466 e. The molecule has 1 spiro atoms. The van der Waals surface area contributed by atoms with Crippen LogP contribution in [0.3, 0.4) is 0 Å². The topological polar surface area (TPSA) is 95.9 Å². The van der Waals surface area contributed by atoms with Crippen LogP contribution in [0.25, 0.3) is 0 Å². The summed E-state index contributed by atoms with van der Waals surface area (Å²) in [5.74, 6) is -2.09. The molecule has 5 rings (SSSR count). The number of nitrogens with one attached hydrogen (secondary N) is 1. The second-order valence-corrected chi connectivity index (χ2v) is 11.0. The number of nitrogens with zero attached hydrogens (tertiary/aromatic N) is 1. The van der Waals surface area contributed by atoms with Crippen molar-refractivity contribution < 1.29 is 24.2 Å². The van der Waals surface area contributed by atoms with Gasteiger partial charge in [-0.05, 0) is 30.9 Å². The number of fused-ring (bicyclic) bond motifs is 1. The van der Waals surface area contributed by atoms with Crippen molar-refractivity contribution in [3.05, 3.63) is 71.8 Å². The Balaban J connectivity index is 1.53. The lowest BCUT2D eigenvalue weighted by molar-refractivity contribution is -0.154. The average molecular weight is 495 g/mol. The molecule has 2 bridgehead atoms. The molecular formula is C27H30N2O5S. The summed E-state index contributed by atoms with van der Waals surface area (Å²) < 4.78 is 4.65. The molecule has 0 radical (unpaired) electrons. The average Bonchev–Trinajstić information content (AvgIpc) is 3.52. The number of ether oxygens (including phenoxy) is 1. The van der Waals surface area contributed by atoms with Crippen molar-refractivity contribution in [1.29, 1.82) is 0 Å². The molecule has 8 heteroatoms. The van der Waals surface area contributed by atoms with E-state index in [0.717, 1.165) is 17.5 Å². The highest BCUT2D eigenvalue weighted by molar-refractivity contribution is 8.02. The Labute approximate surface area is 209 Å². The van der Waals surface area contributed by atoms with Gasteiger partial charge in [-0.1, -0.05) is 60.7 Å². The number of likely N-dealkylation sites (tertiary alicyclic amines) is 1. The monoisotopic (exact) mass is 494 g/mol. The molecule has 3 aliphatic rings. The maximum atomic E-state index is 14.1. The van der Waals surface area contributed by atoms with Crippen LogP contribution in [0, 0.1) is 11.8 Å². The van der Waals surface area contributed by atoms with Crippen LogP contribution in [-0.2, 0) is 25.7 Å². The van der Waals surface area contributed by atoms with Crippen LogP contribution in [0.1, 0.15) is 36.9 Å². The first kappa shape index (κ1) is 23.9. The van der Waals surface area contributed by atoms with Crippen molar-refractivity contribution in [3.8, 4) is 0 Å². The summed E-state index contributed by atoms with van der Waals surface area (Å²) in [6.07, 6.45) is 1.42. The molecule has 6 atom stereocenters. The number of rotatable bonds is 8. The number of carbonyl (C=O) groups is 3. The molecule has 3 fully saturated rings. The van der Waals surface area contributed by atoms with Gasteiger partial charge in [0.1, 0.15) is 6.04 Å². The standard InChI is InChI=1S/C27H30N2O5S/c1-2-34-26(33)21-20-13-14-27(35-20)22(21)25(32)29(19(16-30)18-11-7-4-8-12-18)23(27)24(31)28-15-17-9-5-3-6-10-17/h3-12,19-23,30H,2,13-16H2,1H3,(H,28,31)/t19-,20-,21+,22+,23?,27?/m1/s1. The lowest BCUT2D eigenvalue weighted by Crippen LogP contribution is -2.54. The first-order valence-electron chi connectivity index (χ1n) is 12.2. The fourth-order valence-electron chi connectivity index (χ4n) is 6.14. The van der Waals surface area contributed by atoms with Crippen molar-refractivity contribution >= 4 is 29.5 Å². The Morgan fingerprint density at radius 1 is 1.17 bits per heavy atom. The molecule has 2 N–H and O–H groups in total. The molecule has 0 aromatic heterocycles. The minimum Gasteiger partial charge on any atom is -0.466 e. The third kappa shape index (κ3) is 3.93. The van der Waals surface area contributed by atoms with Gasteiger partial charge >= 0.3 is 5.97 Å². The van der Waals surface area contributed by atoms with Gasteiger partial charge in [0.15, 0.2) is 0 Å². The molecule has 0 saturated carbocycles. The Morgan fingerprint density at radius 3 is 2.51 bits per heavy atom. The molecule has 7 nitrogen and oxygen atoms in total. The zero-order valence-electron chi connectivity index (χ0n) is 19.6. The predicted molar refractivity (Wildman–Crippen MR) is 132 cm³/mol. The van der Waals surface area contributed by atoms with E-state index >= 15 is 0 Å². The zero-order valence-corrected chi connectivity index (χ0v) is 20.4. The Hall–Kier alpha value is -2.84. The normalized spacial score (nSPS) is 29.7. The minimum atomic E-state index is -0.796. The third-order valence-electron chi connectivity index (χ3n) is 7.55. The highest BCUT2D eigenvalue weighted by Crippen LogP contribution is 2.67. The van der Waals surface area contributed by atoms with Gasteiger partial charge in [-0.2, -0.15) is 0 Å². The van der Waals surface area contributed by atoms with Gasteiger partial charge < -0.3 is 20.1 Å². The summed E-state index contributed by atoms with van der Waals surface area (Å²) in [6, 6.07) is 17.4. The maximum Gasteiger partial charge on any atom is 0.310 e. The second kappa shape index (κ2) is 9.66. The maximum absolute atomic E-state index is 14.1. The molecule has 35 heavy (non-hydrogen) atoms. The molecule has 3 saturated heterocycles. The van der Waals surface area contributed by atoms with Gasteiger partial charge in [0.2, 0.25) is 11.8 Å². The number of benzene rings is 2. The van der Waals surface area contributed by atoms with E-state index in [-0.39, 0.29) is 36.2 Å². The van der Waals surface area contributed by atoms with E-state index in [9.17, 15) is 19.5 Å². The van der Waals surface area contributed by atoms with Crippen molar-refractivity contribution in [3.63, 3.8) is 0 Å². The number of aliphatic hydroxyl groups is 1. The summed E-state index contributed by atoms with van der Waals surface area (Å²) in [6.45, 7) is 2.02. The Bertz CT molecular complexity index is 1100. The molecule has 2 aromatic rings. The summed E-state index contributed by atoms with van der Waals surface area (Å²) >= 11 is 1.59. The summed E-state index contributed by atoms with van der Waals surface area (Å²) in [5.41, 5.74) is 1.72. The van der Waals surface area contributed by atoms with Crippen LogP contribution in [0.5, 0.6) is 0 Å². The number of carbonyl (C=O) groups excluding carboxylic acids is 3. The highest BCUT2D eigenvalue weighted by Gasteiger charge is 2.74. The Kier molecular flexibility index (Phi) is 6.59. The molecule has 2 unspecified atom stereocenters. The number of aliphatic hydroxyl groups excluding tert-OH is 1. The lowest BCUT2D eigenvalue weighted by Gasteiger charge is -2.37. The van der Waals surface area contributed by atoms with Gasteiger partial charge in [0.25, 0.3) is 0 Å². The molecule has 3 aliphatic heterocycles. The zero-order chi connectivity index (χ0) is 24.6. The number of amides is 2. The Morgan fingerprint density at radius 2 is 1.86 bits per heavy atom. The van der Waals surface area contributed by atoms with Gasteiger partial charge in [-0.15, -0.1) is 11.8 Å². The smallest absolute Gasteiger partial charge is 0.310 e. The fourth-order valence-corrected chi connectivity index (χ4v) is 8.34. The third-order valence-corrected chi connectivity index (χ3v) is 9.50. The van der Waals surface area contributed by atoms with E-state index in [4.69, 9.17) is 4.74 Å². The van der Waals surface area contributed by atoms with E-state index in [1.165, 1.54) is 0 Å². The first-order chi connectivity index (χ1) is 17.0. The van der Waals surface area contributed by atoms with Crippen molar-refractivity contribution in [2.45, 2.75) is 48.4 Å². The van der Waals surface area contributed by atoms with Crippen LogP contribution < -0.4 is 5.32 Å². The summed E-state index contributed by atoms with van der Waals surface area (Å²) in [5, 5.41) is 13.4. The van der Waals surface area contributed by atoms with Gasteiger partial charge in [0.05, 0.1) is 35.8 Å². The molecule has 2 amide bonds. The van der Waals surface area contributed by atoms with Crippen LogP contribution >= 0.6 is 11.8 Å². The predicted octanol–water partition coefficient (Wildman–Crippen LogP) is 2.69.